The molecule has 2 unspecified atom stereocenters. The van der Waals surface area contributed by atoms with Crippen LogP contribution in [0.15, 0.2) is 66.7 Å². The molecule has 0 spiro atoms. The molecule has 0 aliphatic carbocycles. The van der Waals surface area contributed by atoms with Crippen molar-refractivity contribution in [3.8, 4) is 5.75 Å². The van der Waals surface area contributed by atoms with Crippen molar-refractivity contribution in [2.45, 2.75) is 118 Å². The third-order valence-electron chi connectivity index (χ3n) is 10.6. The zero-order valence-electron chi connectivity index (χ0n) is 33.3. The number of nitrogens with one attached hydrogen (secondary N) is 1. The number of carbonyl (C=O) groups is 5. The number of imide groups is 1. The Hall–Kier alpha value is -4.70. The quantitative estimate of drug-likeness (QED) is 0.0689. The van der Waals surface area contributed by atoms with E-state index < -0.39 is 53.1 Å². The van der Waals surface area contributed by atoms with E-state index in [9.17, 15) is 24.0 Å². The second kappa shape index (κ2) is 16.0. The van der Waals surface area contributed by atoms with E-state index in [1.807, 2.05) is 12.1 Å². The lowest BCUT2D eigenvalue weighted by Crippen LogP contribution is -2.72. The van der Waals surface area contributed by atoms with Gasteiger partial charge in [-0.05, 0) is 66.0 Å². The average Bonchev–Trinajstić information content (AvgIpc) is 3.39. The molecule has 0 aromatic heterocycles. The van der Waals surface area contributed by atoms with E-state index in [-0.39, 0.29) is 40.1 Å². The molecule has 4 rings (SSSR count). The lowest BCUT2D eigenvalue weighted by molar-refractivity contribution is -0.141. The van der Waals surface area contributed by atoms with Gasteiger partial charge in [-0.25, -0.2) is 4.79 Å². The Morgan fingerprint density at radius 2 is 1.52 bits per heavy atom. The SMILES string of the molecule is CCC(C)(C)c1ccc(OC(C)CC(=O)NC(C(=O)c2ccc(Cl)c(N)c2)(C(=O)C(C)(C)C)N2CC(=O)N(Cc3ccccc3)C2=O)c(C(C)(C)CC)c1. The summed E-state index contributed by atoms with van der Waals surface area (Å²) in [5.41, 5.74) is 4.70. The molecule has 1 saturated heterocycles. The van der Waals surface area contributed by atoms with Crippen LogP contribution in [0.2, 0.25) is 5.02 Å². The lowest BCUT2D eigenvalue weighted by Gasteiger charge is -2.42. The Balaban J connectivity index is 1.78. The summed E-state index contributed by atoms with van der Waals surface area (Å²) in [5.74, 6) is -2.47. The molecular weight excluding hydrogens is 704 g/mol. The van der Waals surface area contributed by atoms with Gasteiger partial charge in [-0.15, -0.1) is 0 Å². The van der Waals surface area contributed by atoms with Crippen molar-refractivity contribution in [3.05, 3.63) is 94.0 Å². The van der Waals surface area contributed by atoms with Gasteiger partial charge < -0.3 is 15.8 Å². The minimum absolute atomic E-state index is 0.0571. The van der Waals surface area contributed by atoms with Crippen LogP contribution in [0.3, 0.4) is 0 Å². The molecule has 0 radical (unpaired) electrons. The fourth-order valence-corrected chi connectivity index (χ4v) is 6.56. The third kappa shape index (κ3) is 8.65. The Labute approximate surface area is 324 Å². The molecule has 0 saturated carbocycles. The molecule has 4 amide bonds. The fourth-order valence-electron chi connectivity index (χ4n) is 6.44. The van der Waals surface area contributed by atoms with E-state index in [4.69, 9.17) is 22.1 Å². The number of ketones is 2. The fraction of sp³-hybridized carbons (Fsp3) is 0.465. The van der Waals surface area contributed by atoms with E-state index in [0.717, 1.165) is 28.2 Å². The number of nitrogen functional groups attached to an aromatic ring is 1. The number of hydrogen-bond acceptors (Lipinski definition) is 7. The highest BCUT2D eigenvalue weighted by Gasteiger charge is 2.60. The first-order valence-corrected chi connectivity index (χ1v) is 18.9. The number of nitrogens with zero attached hydrogens (tertiary/aromatic N) is 2. The van der Waals surface area contributed by atoms with Crippen LogP contribution >= 0.6 is 11.6 Å². The molecule has 3 aromatic rings. The number of carbonyl (C=O) groups excluding carboxylic acids is 5. The van der Waals surface area contributed by atoms with Crippen molar-refractivity contribution < 1.29 is 28.7 Å². The molecule has 1 heterocycles. The maximum Gasteiger partial charge on any atom is 0.330 e. The van der Waals surface area contributed by atoms with Gasteiger partial charge in [-0.3, -0.25) is 29.0 Å². The molecule has 11 heteroatoms. The number of Topliss-reactive ketones (excluding diaryl/α,β-unsaturated/α-hetero) is 2. The molecule has 1 aliphatic heterocycles. The molecular formula is C43H55ClN4O6. The van der Waals surface area contributed by atoms with Gasteiger partial charge in [-0.2, -0.15) is 0 Å². The smallest absolute Gasteiger partial charge is 0.330 e. The number of ether oxygens (including phenoxy) is 1. The summed E-state index contributed by atoms with van der Waals surface area (Å²) in [7, 11) is 0. The lowest BCUT2D eigenvalue weighted by atomic mass is 9.76. The van der Waals surface area contributed by atoms with Crippen LogP contribution in [0.5, 0.6) is 5.75 Å². The van der Waals surface area contributed by atoms with E-state index in [2.05, 4.69) is 52.9 Å². The summed E-state index contributed by atoms with van der Waals surface area (Å²) < 4.78 is 6.46. The average molecular weight is 759 g/mol. The first kappa shape index (κ1) is 42.0. The van der Waals surface area contributed by atoms with Gasteiger partial charge in [0.2, 0.25) is 17.4 Å². The van der Waals surface area contributed by atoms with Crippen molar-refractivity contribution in [1.29, 1.82) is 0 Å². The molecule has 2 atom stereocenters. The first-order valence-electron chi connectivity index (χ1n) is 18.5. The summed E-state index contributed by atoms with van der Waals surface area (Å²) >= 11 is 6.19. The summed E-state index contributed by atoms with van der Waals surface area (Å²) in [6.45, 7) is 18.7. The second-order valence-corrected chi connectivity index (χ2v) is 17.0. The predicted molar refractivity (Wildman–Crippen MR) is 212 cm³/mol. The van der Waals surface area contributed by atoms with E-state index in [1.54, 1.807) is 58.0 Å². The van der Waals surface area contributed by atoms with Gasteiger partial charge >= 0.3 is 6.03 Å². The maximum atomic E-state index is 14.9. The Kier molecular flexibility index (Phi) is 12.4. The van der Waals surface area contributed by atoms with Gasteiger partial charge in [0, 0.05) is 16.5 Å². The zero-order valence-corrected chi connectivity index (χ0v) is 34.0. The molecule has 0 bridgehead atoms. The van der Waals surface area contributed by atoms with Crippen LogP contribution in [0.1, 0.15) is 116 Å². The number of hydrogen-bond donors (Lipinski definition) is 2. The van der Waals surface area contributed by atoms with Crippen LogP contribution in [-0.4, -0.2) is 57.5 Å². The first-order chi connectivity index (χ1) is 25.1. The third-order valence-corrected chi connectivity index (χ3v) is 11.0. The van der Waals surface area contributed by atoms with Crippen LogP contribution in [0, 0.1) is 5.41 Å². The number of anilines is 1. The monoisotopic (exact) mass is 758 g/mol. The number of amides is 4. The number of benzene rings is 3. The molecule has 290 valence electrons. The molecule has 1 fully saturated rings. The van der Waals surface area contributed by atoms with Crippen molar-refractivity contribution in [2.75, 3.05) is 12.3 Å². The molecule has 10 nitrogen and oxygen atoms in total. The standard InChI is InChI=1S/C43H55ClN4O6/c1-11-41(7,8)30-19-21-34(31(24-30)42(9,10)12-2)54-27(3)22-35(49)46-43(38(52)40(4,5)6,37(51)29-18-20-32(44)33(45)23-29)48-26-36(50)47(39(48)53)25-28-16-14-13-15-17-28/h13-21,23-24,27H,11-12,22,25-26,45H2,1-10H3,(H,46,49). The Morgan fingerprint density at radius 3 is 2.09 bits per heavy atom. The summed E-state index contributed by atoms with van der Waals surface area (Å²) in [6.07, 6.45) is 0.775. The van der Waals surface area contributed by atoms with Crippen molar-refractivity contribution in [1.82, 2.24) is 15.1 Å². The molecule has 1 aliphatic rings. The van der Waals surface area contributed by atoms with E-state index in [1.165, 1.54) is 23.8 Å². The number of urea groups is 1. The Bertz CT molecular complexity index is 1920. The summed E-state index contributed by atoms with van der Waals surface area (Å²) in [5, 5.41) is 2.86. The van der Waals surface area contributed by atoms with Crippen molar-refractivity contribution in [2.24, 2.45) is 5.41 Å². The van der Waals surface area contributed by atoms with Gasteiger partial charge in [0.1, 0.15) is 18.4 Å². The van der Waals surface area contributed by atoms with Gasteiger partial charge in [0.25, 0.3) is 5.91 Å². The minimum Gasteiger partial charge on any atom is -0.490 e. The highest BCUT2D eigenvalue weighted by atomic mass is 35.5. The van der Waals surface area contributed by atoms with E-state index >= 15 is 0 Å². The highest BCUT2D eigenvalue weighted by molar-refractivity contribution is 6.33. The summed E-state index contributed by atoms with van der Waals surface area (Å²) in [6, 6.07) is 18.2. The number of rotatable bonds is 15. The summed E-state index contributed by atoms with van der Waals surface area (Å²) in [4.78, 5) is 73.6. The maximum absolute atomic E-state index is 14.9. The van der Waals surface area contributed by atoms with Gasteiger partial charge in [0.05, 0.1) is 23.7 Å². The van der Waals surface area contributed by atoms with Crippen LogP contribution in [0.4, 0.5) is 10.5 Å². The number of halogens is 1. The van der Waals surface area contributed by atoms with E-state index in [0.29, 0.717) is 11.3 Å². The van der Waals surface area contributed by atoms with Crippen molar-refractivity contribution >= 4 is 46.7 Å². The molecule has 3 aromatic carbocycles. The topological polar surface area (TPSA) is 139 Å². The van der Waals surface area contributed by atoms with Gasteiger partial charge in [-0.1, -0.05) is 116 Å². The normalized spacial score (nSPS) is 15.5. The van der Waals surface area contributed by atoms with Crippen LogP contribution in [0.25, 0.3) is 0 Å². The largest absolute Gasteiger partial charge is 0.490 e. The molecule has 3 N–H and O–H groups in total. The Morgan fingerprint density at radius 1 is 0.889 bits per heavy atom. The molecule has 54 heavy (non-hydrogen) atoms. The predicted octanol–water partition coefficient (Wildman–Crippen LogP) is 8.23. The second-order valence-electron chi connectivity index (χ2n) is 16.6. The highest BCUT2D eigenvalue weighted by Crippen LogP contribution is 2.39. The van der Waals surface area contributed by atoms with Crippen LogP contribution < -0.4 is 15.8 Å². The minimum atomic E-state index is -2.63. The zero-order chi connectivity index (χ0) is 40.4. The van der Waals surface area contributed by atoms with Crippen molar-refractivity contribution in [3.63, 3.8) is 0 Å². The van der Waals surface area contributed by atoms with Gasteiger partial charge in [0.15, 0.2) is 5.78 Å². The number of nitrogens with two attached hydrogens (primary N) is 1. The van der Waals surface area contributed by atoms with Crippen LogP contribution in [-0.2, 0) is 31.8 Å².